The molecule has 6 rings (SSSR count). The molecule has 0 aliphatic carbocycles. The quantitative estimate of drug-likeness (QED) is 0.379. The minimum atomic E-state index is -0.442. The summed E-state index contributed by atoms with van der Waals surface area (Å²) in [6.07, 6.45) is 1.65. The number of hydrogen-bond acceptors (Lipinski definition) is 8. The van der Waals surface area contributed by atoms with Gasteiger partial charge in [0.25, 0.3) is 11.5 Å². The number of hydrogen-bond donors (Lipinski definition) is 2. The number of rotatable bonds is 6. The second-order valence-electron chi connectivity index (χ2n) is 8.97. The SMILES string of the molecule is N=c1c(C(=O)NCc2ccc3c(c2)OCO3)cc2c(=O)n3ccccc3nc2n1CCN1CCOCC1. The fourth-order valence-electron chi connectivity index (χ4n) is 4.67. The molecule has 0 unspecified atom stereocenters. The van der Waals surface area contributed by atoms with Crippen LogP contribution in [0.1, 0.15) is 15.9 Å². The molecule has 190 valence electrons. The van der Waals surface area contributed by atoms with Crippen LogP contribution in [0, 0.1) is 5.41 Å². The molecule has 2 aliphatic heterocycles. The van der Waals surface area contributed by atoms with Crippen LogP contribution in [0.5, 0.6) is 11.5 Å². The first-order valence-electron chi connectivity index (χ1n) is 12.1. The predicted octanol–water partition coefficient (Wildman–Crippen LogP) is 1.12. The maximum absolute atomic E-state index is 13.4. The maximum atomic E-state index is 13.4. The van der Waals surface area contributed by atoms with Crippen LogP contribution < -0.4 is 25.8 Å². The molecule has 2 N–H and O–H groups in total. The fraction of sp³-hybridized carbons (Fsp3) is 0.308. The molecule has 11 heteroatoms. The second-order valence-corrected chi connectivity index (χ2v) is 8.97. The van der Waals surface area contributed by atoms with Gasteiger partial charge in [0.2, 0.25) is 6.79 Å². The molecule has 0 spiro atoms. The number of carbonyl (C=O) groups is 1. The van der Waals surface area contributed by atoms with E-state index in [0.29, 0.717) is 49.1 Å². The second kappa shape index (κ2) is 9.68. The Morgan fingerprint density at radius 3 is 2.76 bits per heavy atom. The van der Waals surface area contributed by atoms with E-state index in [1.54, 1.807) is 29.0 Å². The average Bonchev–Trinajstić information content (AvgIpc) is 3.40. The lowest BCUT2D eigenvalue weighted by Crippen LogP contribution is -2.41. The number of nitrogens with one attached hydrogen (secondary N) is 2. The minimum Gasteiger partial charge on any atom is -0.454 e. The van der Waals surface area contributed by atoms with E-state index in [1.165, 1.54) is 10.5 Å². The van der Waals surface area contributed by atoms with E-state index in [4.69, 9.17) is 24.6 Å². The normalized spacial score (nSPS) is 15.4. The molecule has 1 fully saturated rings. The van der Waals surface area contributed by atoms with Crippen molar-refractivity contribution >= 4 is 22.6 Å². The molecule has 5 heterocycles. The van der Waals surface area contributed by atoms with Crippen molar-refractivity contribution in [2.45, 2.75) is 13.1 Å². The Kier molecular flexibility index (Phi) is 6.07. The monoisotopic (exact) mass is 502 g/mol. The zero-order chi connectivity index (χ0) is 25.4. The van der Waals surface area contributed by atoms with Crippen LogP contribution in [0.15, 0.2) is 53.5 Å². The largest absolute Gasteiger partial charge is 0.454 e. The molecule has 4 aromatic rings. The Labute approximate surface area is 211 Å². The molecule has 1 saturated heterocycles. The minimum absolute atomic E-state index is 0.0103. The number of benzene rings is 1. The van der Waals surface area contributed by atoms with Crippen molar-refractivity contribution in [3.63, 3.8) is 0 Å². The van der Waals surface area contributed by atoms with Crippen LogP contribution in [0.3, 0.4) is 0 Å². The highest BCUT2D eigenvalue weighted by Gasteiger charge is 2.19. The van der Waals surface area contributed by atoms with Gasteiger partial charge in [0.15, 0.2) is 11.5 Å². The first-order valence-corrected chi connectivity index (χ1v) is 12.1. The molecular weight excluding hydrogens is 476 g/mol. The molecule has 37 heavy (non-hydrogen) atoms. The van der Waals surface area contributed by atoms with Gasteiger partial charge >= 0.3 is 0 Å². The van der Waals surface area contributed by atoms with Crippen LogP contribution >= 0.6 is 0 Å². The van der Waals surface area contributed by atoms with Gasteiger partial charge in [-0.2, -0.15) is 0 Å². The summed E-state index contributed by atoms with van der Waals surface area (Å²) in [6, 6.07) is 12.3. The van der Waals surface area contributed by atoms with Crippen molar-refractivity contribution in [2.24, 2.45) is 0 Å². The number of fused-ring (bicyclic) bond motifs is 3. The smallest absolute Gasteiger partial charge is 0.267 e. The molecule has 0 saturated carbocycles. The Balaban J connectivity index is 1.37. The van der Waals surface area contributed by atoms with E-state index in [1.807, 2.05) is 18.2 Å². The molecule has 3 aromatic heterocycles. The fourth-order valence-corrected chi connectivity index (χ4v) is 4.67. The van der Waals surface area contributed by atoms with E-state index < -0.39 is 5.91 Å². The molecule has 2 aliphatic rings. The van der Waals surface area contributed by atoms with Gasteiger partial charge in [0.05, 0.1) is 24.2 Å². The third kappa shape index (κ3) is 4.43. The highest BCUT2D eigenvalue weighted by atomic mass is 16.7. The van der Waals surface area contributed by atoms with Crippen LogP contribution in [0.4, 0.5) is 0 Å². The van der Waals surface area contributed by atoms with Crippen LogP contribution in [0.2, 0.25) is 0 Å². The van der Waals surface area contributed by atoms with E-state index in [9.17, 15) is 9.59 Å². The lowest BCUT2D eigenvalue weighted by atomic mass is 10.1. The Morgan fingerprint density at radius 1 is 1.05 bits per heavy atom. The van der Waals surface area contributed by atoms with E-state index in [-0.39, 0.29) is 35.3 Å². The topological polar surface area (TPSA) is 123 Å². The van der Waals surface area contributed by atoms with Crippen LogP contribution in [-0.2, 0) is 17.8 Å². The molecule has 0 bridgehead atoms. The summed E-state index contributed by atoms with van der Waals surface area (Å²) < 4.78 is 19.3. The van der Waals surface area contributed by atoms with Gasteiger partial charge in [-0.25, -0.2) is 4.98 Å². The van der Waals surface area contributed by atoms with E-state index in [2.05, 4.69) is 10.2 Å². The standard InChI is InChI=1S/C26H26N6O5/c27-23-18(25(33)28-15-17-4-5-20-21(13-17)37-16-36-20)14-19-24(29-22-3-1-2-6-31(22)26(19)34)32(23)8-7-30-9-11-35-12-10-30/h1-6,13-14,27H,7-12,15-16H2,(H,28,33). The van der Waals surface area contributed by atoms with Gasteiger partial charge in [0.1, 0.15) is 16.8 Å². The zero-order valence-electron chi connectivity index (χ0n) is 20.1. The molecule has 11 nitrogen and oxygen atoms in total. The third-order valence-electron chi connectivity index (χ3n) is 6.70. The number of pyridine rings is 2. The number of amides is 1. The van der Waals surface area contributed by atoms with Gasteiger partial charge in [-0.1, -0.05) is 12.1 Å². The van der Waals surface area contributed by atoms with Crippen LogP contribution in [0.25, 0.3) is 16.7 Å². The van der Waals surface area contributed by atoms with Crippen molar-refractivity contribution in [1.29, 1.82) is 5.41 Å². The summed E-state index contributed by atoms with van der Waals surface area (Å²) in [6.45, 7) is 4.36. The van der Waals surface area contributed by atoms with E-state index in [0.717, 1.165) is 18.7 Å². The summed E-state index contributed by atoms with van der Waals surface area (Å²) in [5.41, 5.74) is 1.55. The van der Waals surface area contributed by atoms with Crippen molar-refractivity contribution in [3.05, 3.63) is 75.6 Å². The Hall–Kier alpha value is -4.22. The lowest BCUT2D eigenvalue weighted by Gasteiger charge is -2.27. The maximum Gasteiger partial charge on any atom is 0.267 e. The first-order chi connectivity index (χ1) is 18.1. The van der Waals surface area contributed by atoms with Crippen LogP contribution in [-0.4, -0.2) is 64.4 Å². The van der Waals surface area contributed by atoms with Gasteiger partial charge in [0, 0.05) is 38.9 Å². The number of nitrogens with zero attached hydrogens (tertiary/aromatic N) is 4. The zero-order valence-corrected chi connectivity index (χ0v) is 20.1. The summed E-state index contributed by atoms with van der Waals surface area (Å²) in [5, 5.41) is 12.1. The summed E-state index contributed by atoms with van der Waals surface area (Å²) >= 11 is 0. The number of ether oxygens (including phenoxy) is 3. The summed E-state index contributed by atoms with van der Waals surface area (Å²) in [4.78, 5) is 33.6. The summed E-state index contributed by atoms with van der Waals surface area (Å²) in [7, 11) is 0. The molecule has 1 aromatic carbocycles. The number of carbonyl (C=O) groups excluding carboxylic acids is 1. The van der Waals surface area contributed by atoms with Crippen molar-refractivity contribution < 1.29 is 19.0 Å². The molecule has 0 radical (unpaired) electrons. The number of aromatic nitrogens is 3. The molecular formula is C26H26N6O5. The lowest BCUT2D eigenvalue weighted by molar-refractivity contribution is 0.0363. The van der Waals surface area contributed by atoms with Crippen molar-refractivity contribution in [3.8, 4) is 11.5 Å². The van der Waals surface area contributed by atoms with Crippen molar-refractivity contribution in [1.82, 2.24) is 24.2 Å². The third-order valence-corrected chi connectivity index (χ3v) is 6.70. The van der Waals surface area contributed by atoms with Gasteiger partial charge in [-0.15, -0.1) is 0 Å². The van der Waals surface area contributed by atoms with Gasteiger partial charge in [-0.05, 0) is 35.9 Å². The van der Waals surface area contributed by atoms with Gasteiger partial charge in [-0.3, -0.25) is 24.3 Å². The van der Waals surface area contributed by atoms with E-state index >= 15 is 0 Å². The predicted molar refractivity (Wildman–Crippen MR) is 134 cm³/mol. The highest BCUT2D eigenvalue weighted by molar-refractivity contribution is 5.96. The summed E-state index contributed by atoms with van der Waals surface area (Å²) in [5.74, 6) is 0.854. The first kappa shape index (κ1) is 23.2. The Morgan fingerprint density at radius 2 is 1.89 bits per heavy atom. The molecule has 1 amide bonds. The van der Waals surface area contributed by atoms with Gasteiger partial charge < -0.3 is 24.1 Å². The molecule has 0 atom stereocenters. The highest BCUT2D eigenvalue weighted by Crippen LogP contribution is 2.32. The number of morpholine rings is 1. The van der Waals surface area contributed by atoms with Crippen molar-refractivity contribution in [2.75, 3.05) is 39.6 Å². The Bertz CT molecular complexity index is 1620. The average molecular weight is 503 g/mol.